The molecule has 1 N–H and O–H groups in total. The number of hydrogen-bond donors (Lipinski definition) is 1. The lowest BCUT2D eigenvalue weighted by Gasteiger charge is -2.23. The van der Waals surface area contributed by atoms with Crippen molar-refractivity contribution < 1.29 is 9.84 Å². The Hall–Kier alpha value is 0.360. The molecule has 1 fully saturated rings. The Labute approximate surface area is 94.6 Å². The Morgan fingerprint density at radius 2 is 2.21 bits per heavy atom. The molecule has 0 bridgehead atoms. The highest BCUT2D eigenvalue weighted by Gasteiger charge is 2.20. The van der Waals surface area contributed by atoms with Crippen LogP contribution in [0.2, 0.25) is 0 Å². The Kier molecular flexibility index (Phi) is 5.38. The van der Waals surface area contributed by atoms with Crippen molar-refractivity contribution in [3.8, 4) is 0 Å². The maximum Gasteiger partial charge on any atom is 0.0763 e. The van der Waals surface area contributed by atoms with Crippen molar-refractivity contribution in [3.63, 3.8) is 0 Å². The second-order valence-electron chi connectivity index (χ2n) is 4.11. The molecule has 0 amide bonds. The lowest BCUT2D eigenvalue weighted by molar-refractivity contribution is 0.0120. The molecule has 3 nitrogen and oxygen atoms in total. The van der Waals surface area contributed by atoms with E-state index < -0.39 is 0 Å². The number of ether oxygens (including phenoxy) is 1. The zero-order valence-corrected chi connectivity index (χ0v) is 10.5. The monoisotopic (exact) mass is 265 g/mol. The van der Waals surface area contributed by atoms with Crippen molar-refractivity contribution >= 4 is 15.9 Å². The van der Waals surface area contributed by atoms with Crippen LogP contribution >= 0.6 is 15.9 Å². The molecule has 0 radical (unpaired) electrons. The number of aliphatic hydroxyl groups is 1. The Balaban J connectivity index is 2.37. The number of aliphatic hydroxyl groups excluding tert-OH is 1. The van der Waals surface area contributed by atoms with E-state index in [2.05, 4.69) is 34.7 Å². The van der Waals surface area contributed by atoms with Gasteiger partial charge in [0.2, 0.25) is 0 Å². The van der Waals surface area contributed by atoms with E-state index in [1.54, 1.807) is 0 Å². The third kappa shape index (κ3) is 4.26. The van der Waals surface area contributed by atoms with Gasteiger partial charge >= 0.3 is 0 Å². The molecule has 4 heteroatoms. The first-order valence-electron chi connectivity index (χ1n) is 5.23. The van der Waals surface area contributed by atoms with Crippen molar-refractivity contribution in [2.45, 2.75) is 38.6 Å². The van der Waals surface area contributed by atoms with Crippen molar-refractivity contribution in [2.24, 2.45) is 0 Å². The fourth-order valence-corrected chi connectivity index (χ4v) is 2.04. The van der Waals surface area contributed by atoms with Gasteiger partial charge in [0.05, 0.1) is 18.3 Å². The molecular weight excluding hydrogens is 246 g/mol. The summed E-state index contributed by atoms with van der Waals surface area (Å²) in [7, 11) is 0. The number of β-amino-alcohol motifs (C(OH)–C–C–N with tert-alkyl or cyclic N) is 1. The number of rotatable bonds is 3. The Morgan fingerprint density at radius 3 is 2.86 bits per heavy atom. The van der Waals surface area contributed by atoms with E-state index in [0.29, 0.717) is 11.4 Å². The van der Waals surface area contributed by atoms with Crippen molar-refractivity contribution in [3.05, 3.63) is 0 Å². The molecule has 1 rings (SSSR count). The Bertz CT molecular complexity index is 166. The third-order valence-electron chi connectivity index (χ3n) is 2.48. The molecule has 0 aromatic carbocycles. The van der Waals surface area contributed by atoms with Crippen LogP contribution in [0.5, 0.6) is 0 Å². The average Bonchev–Trinajstić information content (AvgIpc) is 2.27. The maximum absolute atomic E-state index is 9.52. The van der Waals surface area contributed by atoms with Gasteiger partial charge in [0.25, 0.3) is 0 Å². The molecule has 1 aliphatic heterocycles. The van der Waals surface area contributed by atoms with E-state index in [-0.39, 0.29) is 12.2 Å². The van der Waals surface area contributed by atoms with Crippen LogP contribution in [0.3, 0.4) is 0 Å². The van der Waals surface area contributed by atoms with Crippen molar-refractivity contribution in [1.29, 1.82) is 0 Å². The fraction of sp³-hybridized carbons (Fsp3) is 1.00. The van der Waals surface area contributed by atoms with E-state index in [1.165, 1.54) is 0 Å². The molecule has 0 aromatic rings. The largest absolute Gasteiger partial charge is 0.391 e. The summed E-state index contributed by atoms with van der Waals surface area (Å²) < 4.78 is 5.72. The lowest BCUT2D eigenvalue weighted by atomic mass is 10.2. The zero-order valence-electron chi connectivity index (χ0n) is 8.95. The van der Waals surface area contributed by atoms with Crippen LogP contribution < -0.4 is 0 Å². The van der Waals surface area contributed by atoms with Gasteiger partial charge in [0.1, 0.15) is 0 Å². The van der Waals surface area contributed by atoms with E-state index in [1.807, 2.05) is 0 Å². The predicted octanol–water partition coefficient (Wildman–Crippen LogP) is 1.24. The number of nitrogens with zero attached hydrogens (tertiary/aromatic N) is 1. The highest BCUT2D eigenvalue weighted by molar-refractivity contribution is 9.09. The second-order valence-corrected chi connectivity index (χ2v) is 4.76. The molecule has 84 valence electrons. The molecule has 1 aliphatic rings. The first-order valence-corrected chi connectivity index (χ1v) is 6.35. The summed E-state index contributed by atoms with van der Waals surface area (Å²) in [5.41, 5.74) is 0. The van der Waals surface area contributed by atoms with Gasteiger partial charge in [0.15, 0.2) is 0 Å². The standard InChI is InChI=1S/C10H20BrNO2/c1-8-3-4-12(6-9(2)14-8)7-10(13)5-11/h8-10,13H,3-7H2,1-2H3. The molecule has 0 saturated carbocycles. The van der Waals surface area contributed by atoms with Gasteiger partial charge in [-0.3, -0.25) is 4.90 Å². The molecule has 0 aromatic heterocycles. The van der Waals surface area contributed by atoms with Gasteiger partial charge in [-0.25, -0.2) is 0 Å². The SMILES string of the molecule is CC1CCN(CC(O)CBr)CC(C)O1. The topological polar surface area (TPSA) is 32.7 Å². The first-order chi connectivity index (χ1) is 6.61. The summed E-state index contributed by atoms with van der Waals surface area (Å²) in [6.45, 7) is 6.89. The maximum atomic E-state index is 9.52. The summed E-state index contributed by atoms with van der Waals surface area (Å²) in [5, 5.41) is 10.2. The van der Waals surface area contributed by atoms with Crippen LogP contribution in [0.25, 0.3) is 0 Å². The molecule has 1 heterocycles. The molecule has 0 spiro atoms. The van der Waals surface area contributed by atoms with Gasteiger partial charge in [-0.15, -0.1) is 0 Å². The van der Waals surface area contributed by atoms with Gasteiger partial charge in [-0.2, -0.15) is 0 Å². The van der Waals surface area contributed by atoms with Crippen molar-refractivity contribution in [2.75, 3.05) is 25.0 Å². The quantitative estimate of drug-likeness (QED) is 0.780. The zero-order chi connectivity index (χ0) is 10.6. The molecular formula is C10H20BrNO2. The smallest absolute Gasteiger partial charge is 0.0763 e. The molecule has 3 atom stereocenters. The number of hydrogen-bond acceptors (Lipinski definition) is 3. The van der Waals surface area contributed by atoms with Crippen LogP contribution in [-0.4, -0.2) is 53.3 Å². The second kappa shape index (κ2) is 6.05. The van der Waals surface area contributed by atoms with E-state index in [4.69, 9.17) is 4.74 Å². The summed E-state index contributed by atoms with van der Waals surface area (Å²) >= 11 is 3.28. The minimum Gasteiger partial charge on any atom is -0.391 e. The minimum atomic E-state index is -0.268. The van der Waals surface area contributed by atoms with Gasteiger partial charge in [-0.1, -0.05) is 15.9 Å². The summed E-state index contributed by atoms with van der Waals surface area (Å²) in [4.78, 5) is 2.28. The van der Waals surface area contributed by atoms with Crippen LogP contribution in [0.15, 0.2) is 0 Å². The molecule has 0 aliphatic carbocycles. The van der Waals surface area contributed by atoms with Crippen LogP contribution in [0, 0.1) is 0 Å². The Morgan fingerprint density at radius 1 is 1.50 bits per heavy atom. The van der Waals surface area contributed by atoms with E-state index in [9.17, 15) is 5.11 Å². The van der Waals surface area contributed by atoms with Crippen LogP contribution in [-0.2, 0) is 4.74 Å². The van der Waals surface area contributed by atoms with Gasteiger partial charge in [0, 0.05) is 25.0 Å². The van der Waals surface area contributed by atoms with E-state index >= 15 is 0 Å². The van der Waals surface area contributed by atoms with E-state index in [0.717, 1.165) is 26.1 Å². The first kappa shape index (κ1) is 12.4. The van der Waals surface area contributed by atoms with Crippen LogP contribution in [0.4, 0.5) is 0 Å². The van der Waals surface area contributed by atoms with Gasteiger partial charge in [-0.05, 0) is 20.3 Å². The molecule has 14 heavy (non-hydrogen) atoms. The average molecular weight is 266 g/mol. The molecule has 3 unspecified atom stereocenters. The predicted molar refractivity (Wildman–Crippen MR) is 60.9 cm³/mol. The number of alkyl halides is 1. The highest BCUT2D eigenvalue weighted by Crippen LogP contribution is 2.11. The summed E-state index contributed by atoms with van der Waals surface area (Å²) in [6, 6.07) is 0. The number of halogens is 1. The fourth-order valence-electron chi connectivity index (χ4n) is 1.84. The van der Waals surface area contributed by atoms with Crippen molar-refractivity contribution in [1.82, 2.24) is 4.90 Å². The lowest BCUT2D eigenvalue weighted by Crippen LogP contribution is -2.37. The minimum absolute atomic E-state index is 0.268. The van der Waals surface area contributed by atoms with Gasteiger partial charge < -0.3 is 9.84 Å². The summed E-state index contributed by atoms with van der Waals surface area (Å²) in [6.07, 6.45) is 1.40. The summed E-state index contributed by atoms with van der Waals surface area (Å²) in [5.74, 6) is 0. The highest BCUT2D eigenvalue weighted by atomic mass is 79.9. The normalized spacial score (nSPS) is 32.6. The molecule has 1 saturated heterocycles. The third-order valence-corrected chi connectivity index (χ3v) is 3.23. The van der Waals surface area contributed by atoms with Crippen LogP contribution in [0.1, 0.15) is 20.3 Å².